The van der Waals surface area contributed by atoms with Gasteiger partial charge in [0, 0.05) is 31.9 Å². The third-order valence-electron chi connectivity index (χ3n) is 6.25. The van der Waals surface area contributed by atoms with Crippen LogP contribution in [-0.4, -0.2) is 48.0 Å². The number of hydrogen-bond acceptors (Lipinski definition) is 4. The lowest BCUT2D eigenvalue weighted by Crippen LogP contribution is -2.39. The van der Waals surface area contributed by atoms with Crippen LogP contribution >= 0.6 is 0 Å². The lowest BCUT2D eigenvalue weighted by molar-refractivity contribution is 0.0686. The Kier molecular flexibility index (Phi) is 6.78. The number of hydrogen-bond donors (Lipinski definition) is 2. The van der Waals surface area contributed by atoms with Gasteiger partial charge in [-0.3, -0.25) is 4.79 Å². The molecule has 0 aliphatic carbocycles. The van der Waals surface area contributed by atoms with Gasteiger partial charge in [-0.05, 0) is 68.7 Å². The third kappa shape index (κ3) is 5.57. The first-order chi connectivity index (χ1) is 14.3. The van der Waals surface area contributed by atoms with Gasteiger partial charge in [0.15, 0.2) is 0 Å². The molecule has 1 aromatic carbocycles. The van der Waals surface area contributed by atoms with E-state index in [1.807, 2.05) is 17.0 Å². The first-order valence-electron chi connectivity index (χ1n) is 11.0. The lowest BCUT2D eigenvalue weighted by Gasteiger charge is -2.32. The van der Waals surface area contributed by atoms with Crippen molar-refractivity contribution in [3.8, 4) is 0 Å². The number of nitrogens with zero attached hydrogens (tertiary/aromatic N) is 2. The van der Waals surface area contributed by atoms with E-state index in [4.69, 9.17) is 0 Å². The van der Waals surface area contributed by atoms with E-state index in [1.165, 1.54) is 18.4 Å². The van der Waals surface area contributed by atoms with Crippen molar-refractivity contribution in [3.05, 3.63) is 59.8 Å². The molecule has 29 heavy (non-hydrogen) atoms. The number of pyridine rings is 1. The molecule has 2 saturated heterocycles. The molecule has 0 bridgehead atoms. The van der Waals surface area contributed by atoms with Gasteiger partial charge in [0.1, 0.15) is 5.82 Å². The molecule has 0 spiro atoms. The third-order valence-corrected chi connectivity index (χ3v) is 6.25. The summed E-state index contributed by atoms with van der Waals surface area (Å²) in [5.74, 6) is 1.69. The molecule has 2 fully saturated rings. The minimum atomic E-state index is 0.116. The summed E-state index contributed by atoms with van der Waals surface area (Å²) in [7, 11) is 0. The smallest absolute Gasteiger partial charge is 0.255 e. The number of benzene rings is 1. The highest BCUT2D eigenvalue weighted by atomic mass is 16.2. The number of piperidine rings is 2. The van der Waals surface area contributed by atoms with Crippen LogP contribution in [0.4, 0.5) is 5.82 Å². The van der Waals surface area contributed by atoms with E-state index in [9.17, 15) is 4.79 Å². The van der Waals surface area contributed by atoms with E-state index >= 15 is 0 Å². The molecule has 1 unspecified atom stereocenters. The minimum absolute atomic E-state index is 0.116. The molecule has 2 N–H and O–H groups in total. The fourth-order valence-electron chi connectivity index (χ4n) is 4.41. The standard InChI is InChI=1S/C24H32N4O/c29-24(21-10-11-23(26-17-21)27-22-7-4-14-25-18-22)28-15-12-20(13-16-28)9-8-19-5-2-1-3-6-19/h1-3,5-6,10-11,17,20,22,25H,4,7-9,12-16,18H2,(H,26,27). The Bertz CT molecular complexity index is 763. The molecular formula is C24H32N4O. The molecule has 1 atom stereocenters. The lowest BCUT2D eigenvalue weighted by atomic mass is 9.90. The van der Waals surface area contributed by atoms with Crippen molar-refractivity contribution in [1.82, 2.24) is 15.2 Å². The first kappa shape index (κ1) is 19.9. The second-order valence-electron chi connectivity index (χ2n) is 8.38. The van der Waals surface area contributed by atoms with Gasteiger partial charge in [-0.2, -0.15) is 0 Å². The SMILES string of the molecule is O=C(c1ccc(NC2CCCNC2)nc1)N1CCC(CCc2ccccc2)CC1. The van der Waals surface area contributed by atoms with Gasteiger partial charge in [-0.1, -0.05) is 30.3 Å². The second kappa shape index (κ2) is 9.88. The number of anilines is 1. The van der Waals surface area contributed by atoms with E-state index in [0.29, 0.717) is 17.5 Å². The summed E-state index contributed by atoms with van der Waals surface area (Å²) in [6.07, 6.45) is 8.62. The molecule has 5 nitrogen and oxygen atoms in total. The van der Waals surface area contributed by atoms with Crippen molar-refractivity contribution in [2.45, 2.75) is 44.6 Å². The van der Waals surface area contributed by atoms with Crippen LogP contribution in [0.1, 0.15) is 48.0 Å². The molecule has 2 aliphatic rings. The Balaban J connectivity index is 1.23. The fraction of sp³-hybridized carbons (Fsp3) is 0.500. The fourth-order valence-corrected chi connectivity index (χ4v) is 4.41. The van der Waals surface area contributed by atoms with E-state index in [1.54, 1.807) is 6.20 Å². The van der Waals surface area contributed by atoms with Crippen LogP contribution in [0.2, 0.25) is 0 Å². The Hall–Kier alpha value is -2.40. The summed E-state index contributed by atoms with van der Waals surface area (Å²) in [6, 6.07) is 15.0. The summed E-state index contributed by atoms with van der Waals surface area (Å²) in [5, 5.41) is 6.86. The molecule has 5 heteroatoms. The van der Waals surface area contributed by atoms with Crippen molar-refractivity contribution in [3.63, 3.8) is 0 Å². The van der Waals surface area contributed by atoms with Crippen LogP contribution in [-0.2, 0) is 6.42 Å². The maximum atomic E-state index is 12.8. The van der Waals surface area contributed by atoms with E-state index in [-0.39, 0.29) is 5.91 Å². The zero-order valence-electron chi connectivity index (χ0n) is 17.1. The summed E-state index contributed by atoms with van der Waals surface area (Å²) in [4.78, 5) is 19.3. The van der Waals surface area contributed by atoms with E-state index < -0.39 is 0 Å². The van der Waals surface area contributed by atoms with Gasteiger partial charge >= 0.3 is 0 Å². The van der Waals surface area contributed by atoms with Crippen LogP contribution in [0.25, 0.3) is 0 Å². The number of aryl methyl sites for hydroxylation is 1. The molecule has 0 saturated carbocycles. The van der Waals surface area contributed by atoms with Crippen molar-refractivity contribution in [1.29, 1.82) is 0 Å². The highest BCUT2D eigenvalue weighted by molar-refractivity contribution is 5.94. The van der Waals surface area contributed by atoms with Gasteiger partial charge < -0.3 is 15.5 Å². The molecule has 4 rings (SSSR count). The predicted molar refractivity (Wildman–Crippen MR) is 117 cm³/mol. The Morgan fingerprint density at radius 3 is 2.62 bits per heavy atom. The first-order valence-corrected chi connectivity index (χ1v) is 11.0. The zero-order valence-corrected chi connectivity index (χ0v) is 17.1. The van der Waals surface area contributed by atoms with Crippen LogP contribution < -0.4 is 10.6 Å². The Labute approximate surface area is 173 Å². The number of likely N-dealkylation sites (tertiary alicyclic amines) is 1. The van der Waals surface area contributed by atoms with Gasteiger partial charge in [0.2, 0.25) is 0 Å². The average molecular weight is 393 g/mol. The minimum Gasteiger partial charge on any atom is -0.366 e. The van der Waals surface area contributed by atoms with Gasteiger partial charge in [0.05, 0.1) is 5.56 Å². The highest BCUT2D eigenvalue weighted by Crippen LogP contribution is 2.23. The summed E-state index contributed by atoms with van der Waals surface area (Å²) in [6.45, 7) is 3.78. The Morgan fingerprint density at radius 1 is 1.10 bits per heavy atom. The summed E-state index contributed by atoms with van der Waals surface area (Å²) >= 11 is 0. The molecule has 2 aromatic rings. The number of amides is 1. The van der Waals surface area contributed by atoms with Gasteiger partial charge in [-0.15, -0.1) is 0 Å². The van der Waals surface area contributed by atoms with E-state index in [0.717, 1.165) is 57.7 Å². The van der Waals surface area contributed by atoms with Crippen LogP contribution in [0, 0.1) is 5.92 Å². The van der Waals surface area contributed by atoms with Crippen molar-refractivity contribution in [2.24, 2.45) is 5.92 Å². The van der Waals surface area contributed by atoms with Crippen LogP contribution in [0.3, 0.4) is 0 Å². The largest absolute Gasteiger partial charge is 0.366 e. The maximum Gasteiger partial charge on any atom is 0.255 e. The van der Waals surface area contributed by atoms with Crippen LogP contribution in [0.15, 0.2) is 48.7 Å². The number of carbonyl (C=O) groups excluding carboxylic acids is 1. The van der Waals surface area contributed by atoms with Crippen molar-refractivity contribution < 1.29 is 4.79 Å². The normalized spacial score (nSPS) is 20.4. The molecule has 154 valence electrons. The number of rotatable bonds is 6. The second-order valence-corrected chi connectivity index (χ2v) is 8.38. The van der Waals surface area contributed by atoms with Gasteiger partial charge in [-0.25, -0.2) is 4.98 Å². The van der Waals surface area contributed by atoms with Crippen molar-refractivity contribution >= 4 is 11.7 Å². The highest BCUT2D eigenvalue weighted by Gasteiger charge is 2.24. The summed E-state index contributed by atoms with van der Waals surface area (Å²) in [5.41, 5.74) is 2.11. The average Bonchev–Trinajstić information content (AvgIpc) is 2.79. The molecule has 0 radical (unpaired) electrons. The molecule has 1 amide bonds. The maximum absolute atomic E-state index is 12.8. The number of nitrogens with one attached hydrogen (secondary N) is 2. The summed E-state index contributed by atoms with van der Waals surface area (Å²) < 4.78 is 0. The monoisotopic (exact) mass is 392 g/mol. The Morgan fingerprint density at radius 2 is 1.93 bits per heavy atom. The molecular weight excluding hydrogens is 360 g/mol. The molecule has 1 aromatic heterocycles. The van der Waals surface area contributed by atoms with E-state index in [2.05, 4.69) is 45.9 Å². The number of aromatic nitrogens is 1. The number of carbonyl (C=O) groups is 1. The quantitative estimate of drug-likeness (QED) is 0.786. The van der Waals surface area contributed by atoms with Crippen molar-refractivity contribution in [2.75, 3.05) is 31.5 Å². The predicted octanol–water partition coefficient (Wildman–Crippen LogP) is 3.73. The zero-order chi connectivity index (χ0) is 19.9. The van der Waals surface area contributed by atoms with Gasteiger partial charge in [0.25, 0.3) is 5.91 Å². The molecule has 2 aliphatic heterocycles. The van der Waals surface area contributed by atoms with Crippen LogP contribution in [0.5, 0.6) is 0 Å². The molecule has 3 heterocycles. The topological polar surface area (TPSA) is 57.3 Å².